The van der Waals surface area contributed by atoms with Gasteiger partial charge in [0.25, 0.3) is 0 Å². The third kappa shape index (κ3) is 5.33. The minimum absolute atomic E-state index is 0.157. The molecule has 0 bridgehead atoms. The maximum Gasteiger partial charge on any atom is 0.244 e. The van der Waals surface area contributed by atoms with E-state index in [2.05, 4.69) is 26.6 Å². The maximum atomic E-state index is 12.2. The van der Waals surface area contributed by atoms with E-state index in [4.69, 9.17) is 18.0 Å². The van der Waals surface area contributed by atoms with Crippen molar-refractivity contribution in [3.8, 4) is 12.3 Å². The van der Waals surface area contributed by atoms with Crippen LogP contribution in [-0.2, 0) is 11.3 Å². The summed E-state index contributed by atoms with van der Waals surface area (Å²) in [7, 11) is 0. The van der Waals surface area contributed by atoms with Crippen LogP contribution in [0.15, 0.2) is 40.6 Å². The second-order valence-electron chi connectivity index (χ2n) is 7.09. The van der Waals surface area contributed by atoms with Crippen LogP contribution in [0.1, 0.15) is 41.8 Å². The molecule has 0 fully saturated rings. The Morgan fingerprint density at radius 3 is 2.76 bits per heavy atom. The van der Waals surface area contributed by atoms with Crippen LogP contribution < -0.4 is 5.32 Å². The van der Waals surface area contributed by atoms with Gasteiger partial charge in [-0.05, 0) is 31.6 Å². The predicted molar refractivity (Wildman–Crippen MR) is 115 cm³/mol. The molecule has 0 radical (unpaired) electrons. The van der Waals surface area contributed by atoms with E-state index >= 15 is 0 Å². The molecule has 1 aromatic carbocycles. The normalized spacial score (nSPS) is 14.1. The number of amides is 1. The summed E-state index contributed by atoms with van der Waals surface area (Å²) in [5, 5.41) is 16.3. The Balaban J connectivity index is 1.56. The van der Waals surface area contributed by atoms with Crippen molar-refractivity contribution in [1.82, 2.24) is 15.1 Å². The van der Waals surface area contributed by atoms with Gasteiger partial charge in [0.15, 0.2) is 5.66 Å². The number of aryl methyl sites for hydroxylation is 1. The molecule has 1 amide bonds. The summed E-state index contributed by atoms with van der Waals surface area (Å²) in [5.74, 6) is 2.44. The molecule has 0 saturated carbocycles. The molecule has 0 saturated heterocycles. The van der Waals surface area contributed by atoms with E-state index in [-0.39, 0.29) is 11.6 Å². The average Bonchev–Trinajstić information content (AvgIpc) is 3.41. The number of hydrogen-bond acceptors (Lipinski definition) is 4. The highest BCUT2D eigenvalue weighted by Crippen LogP contribution is 2.36. The number of hydrogen-bond donors (Lipinski definition) is 1. The Morgan fingerprint density at radius 1 is 1.31 bits per heavy atom. The second-order valence-corrected chi connectivity index (χ2v) is 7.50. The third-order valence-electron chi connectivity index (χ3n) is 4.99. The summed E-state index contributed by atoms with van der Waals surface area (Å²) < 4.78 is 1.90. The van der Waals surface area contributed by atoms with Crippen LogP contribution in [0.4, 0.5) is 0 Å². The number of carbonyl (C=O) groups excluding carboxylic acids is 1. The molecule has 7 heteroatoms. The van der Waals surface area contributed by atoms with Crippen LogP contribution >= 0.6 is 11.6 Å². The fraction of sp³-hybridized carbons (Fsp3) is 0.364. The van der Waals surface area contributed by atoms with Crippen LogP contribution in [0.2, 0.25) is 5.02 Å². The van der Waals surface area contributed by atoms with E-state index in [0.717, 1.165) is 28.9 Å². The molecule has 6 nitrogen and oxygen atoms in total. The SMILES string of the molecule is C#CCCC1(CCNC(=O)/C=C/c2c(C)nn(Cc3ccccc3Cl)c2C)N=N1. The molecule has 0 spiro atoms. The van der Waals surface area contributed by atoms with Gasteiger partial charge >= 0.3 is 0 Å². The van der Waals surface area contributed by atoms with E-state index in [1.54, 1.807) is 6.08 Å². The average molecular weight is 410 g/mol. The van der Waals surface area contributed by atoms with Crippen LogP contribution in [0.5, 0.6) is 0 Å². The number of nitrogens with zero attached hydrogens (tertiary/aromatic N) is 4. The van der Waals surface area contributed by atoms with Crippen molar-refractivity contribution >= 4 is 23.6 Å². The molecular formula is C22H24ClN5O. The number of aromatic nitrogens is 2. The maximum absolute atomic E-state index is 12.2. The summed E-state index contributed by atoms with van der Waals surface area (Å²) in [6, 6.07) is 7.71. The zero-order chi connectivity index (χ0) is 20.9. The van der Waals surface area contributed by atoms with Gasteiger partial charge in [-0.2, -0.15) is 15.3 Å². The van der Waals surface area contributed by atoms with Crippen molar-refractivity contribution in [1.29, 1.82) is 0 Å². The predicted octanol–water partition coefficient (Wildman–Crippen LogP) is 4.30. The Hall–Kier alpha value is -2.91. The van der Waals surface area contributed by atoms with Crippen LogP contribution in [-0.4, -0.2) is 27.9 Å². The Kier molecular flexibility index (Phi) is 6.50. The van der Waals surface area contributed by atoms with Crippen LogP contribution in [0.25, 0.3) is 6.08 Å². The van der Waals surface area contributed by atoms with E-state index in [1.165, 1.54) is 6.08 Å². The van der Waals surface area contributed by atoms with Crippen molar-refractivity contribution in [3.63, 3.8) is 0 Å². The molecule has 1 aromatic heterocycles. The van der Waals surface area contributed by atoms with E-state index < -0.39 is 0 Å². The van der Waals surface area contributed by atoms with Crippen molar-refractivity contribution in [2.75, 3.05) is 6.54 Å². The lowest BCUT2D eigenvalue weighted by atomic mass is 10.0. The van der Waals surface area contributed by atoms with Gasteiger partial charge in [-0.3, -0.25) is 9.48 Å². The monoisotopic (exact) mass is 409 g/mol. The first-order chi connectivity index (χ1) is 13.9. The smallest absolute Gasteiger partial charge is 0.244 e. The number of carbonyl (C=O) groups is 1. The highest BCUT2D eigenvalue weighted by atomic mass is 35.5. The second kappa shape index (κ2) is 9.06. The van der Waals surface area contributed by atoms with Gasteiger partial charge in [0.05, 0.1) is 12.2 Å². The van der Waals surface area contributed by atoms with Gasteiger partial charge in [0.1, 0.15) is 0 Å². The summed E-state index contributed by atoms with van der Waals surface area (Å²) in [6.07, 6.45) is 10.7. The summed E-state index contributed by atoms with van der Waals surface area (Å²) in [4.78, 5) is 12.2. The van der Waals surface area contributed by atoms with Crippen molar-refractivity contribution < 1.29 is 4.79 Å². The zero-order valence-corrected chi connectivity index (χ0v) is 17.4. The fourth-order valence-electron chi connectivity index (χ4n) is 3.17. The lowest BCUT2D eigenvalue weighted by molar-refractivity contribution is -0.116. The van der Waals surface area contributed by atoms with Crippen molar-refractivity contribution in [2.45, 2.75) is 45.3 Å². The molecule has 1 N–H and O–H groups in total. The molecule has 3 rings (SSSR count). The Bertz CT molecular complexity index is 993. The highest BCUT2D eigenvalue weighted by molar-refractivity contribution is 6.31. The number of nitrogens with one attached hydrogen (secondary N) is 1. The first kappa shape index (κ1) is 20.8. The van der Waals surface area contributed by atoms with Gasteiger partial charge in [-0.25, -0.2) is 0 Å². The molecular weight excluding hydrogens is 386 g/mol. The first-order valence-electron chi connectivity index (χ1n) is 9.55. The summed E-state index contributed by atoms with van der Waals surface area (Å²) >= 11 is 6.26. The number of benzene rings is 1. The van der Waals surface area contributed by atoms with Gasteiger partial charge < -0.3 is 5.32 Å². The minimum atomic E-state index is -0.379. The molecule has 1 aliphatic heterocycles. The Labute approximate surface area is 176 Å². The number of halogens is 1. The van der Waals surface area contributed by atoms with Crippen molar-refractivity contribution in [3.05, 3.63) is 57.9 Å². The van der Waals surface area contributed by atoms with Crippen LogP contribution in [0.3, 0.4) is 0 Å². The lowest BCUT2D eigenvalue weighted by Crippen LogP contribution is -2.26. The molecule has 29 heavy (non-hydrogen) atoms. The third-order valence-corrected chi connectivity index (χ3v) is 5.36. The fourth-order valence-corrected chi connectivity index (χ4v) is 3.36. The Morgan fingerprint density at radius 2 is 2.07 bits per heavy atom. The minimum Gasteiger partial charge on any atom is -0.352 e. The molecule has 0 unspecified atom stereocenters. The van der Waals surface area contributed by atoms with Gasteiger partial charge in [-0.15, -0.1) is 12.3 Å². The number of rotatable bonds is 9. The molecule has 2 aromatic rings. The molecule has 0 atom stereocenters. The van der Waals surface area contributed by atoms with Crippen molar-refractivity contribution in [2.24, 2.45) is 10.2 Å². The zero-order valence-electron chi connectivity index (χ0n) is 16.7. The van der Waals surface area contributed by atoms with E-state index in [0.29, 0.717) is 31.0 Å². The summed E-state index contributed by atoms with van der Waals surface area (Å²) in [6.45, 7) is 5.00. The highest BCUT2D eigenvalue weighted by Gasteiger charge is 2.38. The number of terminal acetylenes is 1. The van der Waals surface area contributed by atoms with Crippen LogP contribution in [0, 0.1) is 26.2 Å². The standard InChI is InChI=1S/C22H24ClN5O/c1-4-5-12-22(26-27-22)13-14-24-21(29)11-10-19-16(2)25-28(17(19)3)15-18-8-6-7-9-20(18)23/h1,6-11H,5,12-15H2,2-3H3,(H,24,29)/b11-10+. The summed E-state index contributed by atoms with van der Waals surface area (Å²) in [5.41, 5.74) is 3.40. The molecule has 1 aliphatic rings. The quantitative estimate of drug-likeness (QED) is 0.495. The largest absolute Gasteiger partial charge is 0.352 e. The molecule has 2 heterocycles. The lowest BCUT2D eigenvalue weighted by Gasteiger charge is -2.08. The molecule has 150 valence electrons. The van der Waals surface area contributed by atoms with Gasteiger partial charge in [0.2, 0.25) is 5.91 Å². The molecule has 0 aliphatic carbocycles. The van der Waals surface area contributed by atoms with Gasteiger partial charge in [0, 0.05) is 48.2 Å². The van der Waals surface area contributed by atoms with E-state index in [9.17, 15) is 4.79 Å². The first-order valence-corrected chi connectivity index (χ1v) is 9.93. The topological polar surface area (TPSA) is 71.6 Å². The van der Waals surface area contributed by atoms with E-state index in [1.807, 2.05) is 42.8 Å². The van der Waals surface area contributed by atoms with Gasteiger partial charge in [-0.1, -0.05) is 29.8 Å².